The molecular formula is C28H38N4O5S. The van der Waals surface area contributed by atoms with Crippen LogP contribution in [0.5, 0.6) is 0 Å². The third-order valence-corrected chi connectivity index (χ3v) is 8.77. The van der Waals surface area contributed by atoms with Crippen LogP contribution in [-0.4, -0.2) is 108 Å². The van der Waals surface area contributed by atoms with Crippen molar-refractivity contribution in [3.8, 4) is 0 Å². The molecule has 2 aromatic rings. The number of Topliss-reactive ketones (excluding diaryl/α,β-unsaturated/α-hetero) is 1. The number of piperazine rings is 2. The second-order valence-electron chi connectivity index (χ2n) is 10.5. The molecule has 0 aromatic heterocycles. The van der Waals surface area contributed by atoms with Gasteiger partial charge in [0.05, 0.1) is 6.26 Å². The van der Waals surface area contributed by atoms with E-state index in [1.165, 1.54) is 10.6 Å². The van der Waals surface area contributed by atoms with Gasteiger partial charge in [0.2, 0.25) is 10.0 Å². The van der Waals surface area contributed by atoms with Crippen molar-refractivity contribution in [1.29, 1.82) is 0 Å². The third-order valence-electron chi connectivity index (χ3n) is 7.46. The quantitative estimate of drug-likeness (QED) is 0.507. The molecule has 0 radical (unpaired) electrons. The van der Waals surface area contributed by atoms with E-state index in [9.17, 15) is 18.0 Å². The van der Waals surface area contributed by atoms with Crippen LogP contribution in [0.3, 0.4) is 0 Å². The fourth-order valence-electron chi connectivity index (χ4n) is 5.49. The highest BCUT2D eigenvalue weighted by Crippen LogP contribution is 2.22. The molecule has 0 saturated carbocycles. The van der Waals surface area contributed by atoms with Crippen molar-refractivity contribution in [2.24, 2.45) is 0 Å². The molecule has 1 N–H and O–H groups in total. The minimum absolute atomic E-state index is 0.0323. The van der Waals surface area contributed by atoms with Gasteiger partial charge in [-0.3, -0.25) is 19.4 Å². The van der Waals surface area contributed by atoms with Gasteiger partial charge < -0.3 is 10.0 Å². The standard InChI is InChI=1S/C28H38N4O5S/c1-21-16-30(19-24-4-8-25(9-5-24)27(34)20-33)17-22(2)32(21)28(35)26-10-6-23(7-11-26)18-29-12-14-31(15-13-29)38(3,36)37/h4-11,21-22,33H,12-20H2,1-3H3/t21-,22+. The maximum Gasteiger partial charge on any atom is 0.254 e. The van der Waals surface area contributed by atoms with E-state index in [0.29, 0.717) is 37.3 Å². The summed E-state index contributed by atoms with van der Waals surface area (Å²) in [6.07, 6.45) is 1.25. The number of aliphatic hydroxyl groups excluding tert-OH is 1. The first kappa shape index (κ1) is 28.4. The van der Waals surface area contributed by atoms with Crippen molar-refractivity contribution in [3.05, 3.63) is 70.8 Å². The van der Waals surface area contributed by atoms with Crippen LogP contribution in [0.1, 0.15) is 45.7 Å². The van der Waals surface area contributed by atoms with Crippen molar-refractivity contribution >= 4 is 21.7 Å². The minimum atomic E-state index is -3.14. The lowest BCUT2D eigenvalue weighted by Crippen LogP contribution is -2.58. The molecule has 38 heavy (non-hydrogen) atoms. The second-order valence-corrected chi connectivity index (χ2v) is 12.5. The molecule has 10 heteroatoms. The van der Waals surface area contributed by atoms with Crippen LogP contribution in [0.2, 0.25) is 0 Å². The summed E-state index contributed by atoms with van der Waals surface area (Å²) < 4.78 is 25.0. The molecule has 0 aliphatic carbocycles. The number of sulfonamides is 1. The summed E-state index contributed by atoms with van der Waals surface area (Å²) >= 11 is 0. The molecule has 2 saturated heterocycles. The van der Waals surface area contributed by atoms with Crippen LogP contribution < -0.4 is 0 Å². The molecule has 2 fully saturated rings. The highest BCUT2D eigenvalue weighted by molar-refractivity contribution is 7.88. The van der Waals surface area contributed by atoms with E-state index in [1.807, 2.05) is 41.3 Å². The van der Waals surface area contributed by atoms with Gasteiger partial charge in [0, 0.05) is 75.6 Å². The zero-order valence-electron chi connectivity index (χ0n) is 22.4. The summed E-state index contributed by atoms with van der Waals surface area (Å²) in [6.45, 7) is 9.04. The monoisotopic (exact) mass is 542 g/mol. The van der Waals surface area contributed by atoms with Crippen LogP contribution in [0.25, 0.3) is 0 Å². The largest absolute Gasteiger partial charge is 0.388 e. The first-order valence-corrected chi connectivity index (χ1v) is 14.9. The average Bonchev–Trinajstić information content (AvgIpc) is 2.88. The molecule has 2 aliphatic rings. The normalized spacial score (nSPS) is 21.9. The fourth-order valence-corrected chi connectivity index (χ4v) is 6.31. The number of aliphatic hydroxyl groups is 1. The molecule has 9 nitrogen and oxygen atoms in total. The SMILES string of the molecule is C[C@@H]1CN(Cc2ccc(C(=O)CO)cc2)C[C@H](C)N1C(=O)c1ccc(CN2CCN(S(C)(=O)=O)CC2)cc1. The zero-order valence-corrected chi connectivity index (χ0v) is 23.2. The molecule has 206 valence electrons. The maximum absolute atomic E-state index is 13.4. The summed E-state index contributed by atoms with van der Waals surface area (Å²) in [5.41, 5.74) is 3.37. The molecular weight excluding hydrogens is 504 g/mol. The van der Waals surface area contributed by atoms with Crippen LogP contribution in [0, 0.1) is 0 Å². The van der Waals surface area contributed by atoms with E-state index in [2.05, 4.69) is 23.6 Å². The first-order chi connectivity index (χ1) is 18.0. The number of hydrogen-bond acceptors (Lipinski definition) is 7. The van der Waals surface area contributed by atoms with Crippen LogP contribution in [0.4, 0.5) is 0 Å². The van der Waals surface area contributed by atoms with E-state index in [-0.39, 0.29) is 23.8 Å². The lowest BCUT2D eigenvalue weighted by Gasteiger charge is -2.44. The third kappa shape index (κ3) is 6.86. The van der Waals surface area contributed by atoms with E-state index in [4.69, 9.17) is 5.11 Å². The molecule has 0 unspecified atom stereocenters. The van der Waals surface area contributed by atoms with Gasteiger partial charge in [-0.25, -0.2) is 8.42 Å². The Labute approximate surface area is 225 Å². The molecule has 2 atom stereocenters. The van der Waals surface area contributed by atoms with E-state index >= 15 is 0 Å². The molecule has 0 spiro atoms. The lowest BCUT2D eigenvalue weighted by atomic mass is 10.0. The number of amides is 1. The molecule has 2 heterocycles. The Balaban J connectivity index is 1.31. The molecule has 4 rings (SSSR count). The highest BCUT2D eigenvalue weighted by Gasteiger charge is 2.33. The topological polar surface area (TPSA) is 101 Å². The zero-order chi connectivity index (χ0) is 27.4. The Bertz CT molecular complexity index is 1210. The van der Waals surface area contributed by atoms with Gasteiger partial charge in [0.25, 0.3) is 5.91 Å². The van der Waals surface area contributed by atoms with Gasteiger partial charge in [-0.15, -0.1) is 0 Å². The minimum Gasteiger partial charge on any atom is -0.388 e. The smallest absolute Gasteiger partial charge is 0.254 e. The van der Waals surface area contributed by atoms with Crippen molar-refractivity contribution < 1.29 is 23.1 Å². The summed E-state index contributed by atoms with van der Waals surface area (Å²) in [5, 5.41) is 9.03. The fraction of sp³-hybridized carbons (Fsp3) is 0.500. The van der Waals surface area contributed by atoms with E-state index in [0.717, 1.165) is 37.3 Å². The predicted molar refractivity (Wildman–Crippen MR) is 146 cm³/mol. The first-order valence-electron chi connectivity index (χ1n) is 13.1. The predicted octanol–water partition coefficient (Wildman–Crippen LogP) is 1.67. The van der Waals surface area contributed by atoms with E-state index < -0.39 is 16.6 Å². The van der Waals surface area contributed by atoms with Crippen molar-refractivity contribution in [1.82, 2.24) is 19.0 Å². The summed E-state index contributed by atoms with van der Waals surface area (Å²) in [7, 11) is -3.14. The molecule has 2 aromatic carbocycles. The van der Waals surface area contributed by atoms with Crippen LogP contribution in [0.15, 0.2) is 48.5 Å². The Morgan fingerprint density at radius 2 is 1.26 bits per heavy atom. The van der Waals surface area contributed by atoms with Gasteiger partial charge in [-0.2, -0.15) is 4.31 Å². The maximum atomic E-state index is 13.4. The van der Waals surface area contributed by atoms with Gasteiger partial charge in [-0.05, 0) is 37.1 Å². The number of hydrogen-bond donors (Lipinski definition) is 1. The Morgan fingerprint density at radius 1 is 0.789 bits per heavy atom. The Hall–Kier alpha value is -2.63. The number of ketones is 1. The van der Waals surface area contributed by atoms with Crippen molar-refractivity contribution in [2.75, 3.05) is 52.1 Å². The van der Waals surface area contributed by atoms with Crippen LogP contribution in [-0.2, 0) is 23.1 Å². The summed E-state index contributed by atoms with van der Waals surface area (Å²) in [4.78, 5) is 31.6. The van der Waals surface area contributed by atoms with Gasteiger partial charge in [0.1, 0.15) is 6.61 Å². The highest BCUT2D eigenvalue weighted by atomic mass is 32.2. The Morgan fingerprint density at radius 3 is 1.74 bits per heavy atom. The molecule has 2 aliphatic heterocycles. The summed E-state index contributed by atoms with van der Waals surface area (Å²) in [6, 6.07) is 15.2. The van der Waals surface area contributed by atoms with Gasteiger partial charge in [0.15, 0.2) is 5.78 Å². The number of rotatable bonds is 8. The Kier molecular flexibility index (Phi) is 9.00. The lowest BCUT2D eigenvalue weighted by molar-refractivity contribution is 0.0268. The number of nitrogens with zero attached hydrogens (tertiary/aromatic N) is 4. The van der Waals surface area contributed by atoms with Crippen LogP contribution >= 0.6 is 0 Å². The summed E-state index contributed by atoms with van der Waals surface area (Å²) in [5.74, 6) is -0.253. The number of carbonyl (C=O) groups is 2. The second kappa shape index (κ2) is 12.0. The number of benzene rings is 2. The van der Waals surface area contributed by atoms with Gasteiger partial charge in [-0.1, -0.05) is 36.4 Å². The van der Waals surface area contributed by atoms with Gasteiger partial charge >= 0.3 is 0 Å². The molecule has 1 amide bonds. The van der Waals surface area contributed by atoms with E-state index in [1.54, 1.807) is 12.1 Å². The number of carbonyl (C=O) groups excluding carboxylic acids is 2. The molecule has 0 bridgehead atoms. The average molecular weight is 543 g/mol. The van der Waals surface area contributed by atoms with Crippen molar-refractivity contribution in [3.63, 3.8) is 0 Å². The van der Waals surface area contributed by atoms with Crippen molar-refractivity contribution in [2.45, 2.75) is 39.0 Å².